The van der Waals surface area contributed by atoms with Crippen molar-refractivity contribution in [2.75, 3.05) is 0 Å². The average Bonchev–Trinajstić information content (AvgIpc) is 2.22. The van der Waals surface area contributed by atoms with E-state index < -0.39 is 0 Å². The molecule has 0 bridgehead atoms. The molecule has 0 saturated carbocycles. The normalized spacial score (nSPS) is 13.7. The quantitative estimate of drug-likeness (QED) is 0.663. The van der Waals surface area contributed by atoms with Gasteiger partial charge in [0, 0.05) is 0 Å². The van der Waals surface area contributed by atoms with Crippen LogP contribution in [0.2, 0.25) is 5.25 Å². The summed E-state index contributed by atoms with van der Waals surface area (Å²) in [5.74, 6) is 0. The summed E-state index contributed by atoms with van der Waals surface area (Å²) in [6, 6.07) is 7.37. The molecule has 0 fully saturated rings. The Hall–Kier alpha value is -0.237. The van der Waals surface area contributed by atoms with Crippen LogP contribution < -0.4 is 4.40 Å². The summed E-state index contributed by atoms with van der Waals surface area (Å²) in [4.78, 5) is 0. The number of benzene rings is 1. The molecular formula is C19H32Ge. The van der Waals surface area contributed by atoms with E-state index in [0.717, 1.165) is 0 Å². The molecule has 0 atom stereocenters. The van der Waals surface area contributed by atoms with Crippen molar-refractivity contribution in [3.8, 4) is 0 Å². The van der Waals surface area contributed by atoms with Gasteiger partial charge in [-0.1, -0.05) is 0 Å². The predicted octanol–water partition coefficient (Wildman–Crippen LogP) is 5.08. The summed E-state index contributed by atoms with van der Waals surface area (Å²) >= 11 is -0.0392. The van der Waals surface area contributed by atoms with Gasteiger partial charge >= 0.3 is 133 Å². The van der Waals surface area contributed by atoms with Crippen molar-refractivity contribution in [1.82, 2.24) is 0 Å². The Morgan fingerprint density at radius 2 is 1.10 bits per heavy atom. The Balaban J connectivity index is 3.18. The molecule has 0 unspecified atom stereocenters. The number of hydrogen-bond donors (Lipinski definition) is 0. The van der Waals surface area contributed by atoms with Crippen molar-refractivity contribution in [2.24, 2.45) is 5.41 Å². The monoisotopic (exact) mass is 334 g/mol. The Kier molecular flexibility index (Phi) is 5.23. The van der Waals surface area contributed by atoms with E-state index in [0.29, 0.717) is 5.41 Å². The van der Waals surface area contributed by atoms with Crippen LogP contribution in [-0.2, 0) is 10.8 Å². The second kappa shape index (κ2) is 5.87. The molecule has 1 rings (SSSR count). The van der Waals surface area contributed by atoms with Crippen molar-refractivity contribution < 1.29 is 0 Å². The zero-order chi connectivity index (χ0) is 15.8. The van der Waals surface area contributed by atoms with Gasteiger partial charge in [0.1, 0.15) is 0 Å². The van der Waals surface area contributed by atoms with Gasteiger partial charge < -0.3 is 0 Å². The summed E-state index contributed by atoms with van der Waals surface area (Å²) in [5.41, 5.74) is 3.93. The SMILES string of the molecule is CC(C)(C)[CH2][Ge][c]1cc(C(C)(C)C)cc(C(C)(C)C)c1. The summed E-state index contributed by atoms with van der Waals surface area (Å²) in [7, 11) is 0. The molecule has 0 aliphatic rings. The summed E-state index contributed by atoms with van der Waals surface area (Å²) in [6.45, 7) is 21.0. The third-order valence-corrected chi connectivity index (χ3v) is 7.55. The second-order valence-corrected chi connectivity index (χ2v) is 11.9. The molecule has 0 nitrogen and oxygen atoms in total. The molecule has 0 aliphatic carbocycles. The van der Waals surface area contributed by atoms with Crippen LogP contribution in [0.4, 0.5) is 0 Å². The fourth-order valence-electron chi connectivity index (χ4n) is 1.96. The van der Waals surface area contributed by atoms with E-state index in [1.54, 1.807) is 4.40 Å². The molecule has 20 heavy (non-hydrogen) atoms. The van der Waals surface area contributed by atoms with E-state index in [1.807, 2.05) is 0 Å². The van der Waals surface area contributed by atoms with Gasteiger partial charge in [0.25, 0.3) is 0 Å². The Morgan fingerprint density at radius 3 is 1.40 bits per heavy atom. The van der Waals surface area contributed by atoms with Gasteiger partial charge in [0.15, 0.2) is 0 Å². The minimum atomic E-state index is -0.0392. The molecule has 1 aromatic carbocycles. The minimum absolute atomic E-state index is 0.0392. The first-order valence-electron chi connectivity index (χ1n) is 7.69. The van der Waals surface area contributed by atoms with E-state index in [9.17, 15) is 0 Å². The van der Waals surface area contributed by atoms with Crippen LogP contribution in [0.25, 0.3) is 0 Å². The fourth-order valence-corrected chi connectivity index (χ4v) is 4.58. The Morgan fingerprint density at radius 1 is 0.700 bits per heavy atom. The van der Waals surface area contributed by atoms with Crippen LogP contribution in [0.5, 0.6) is 0 Å². The van der Waals surface area contributed by atoms with Gasteiger partial charge in [0.2, 0.25) is 0 Å². The first-order valence-corrected chi connectivity index (χ1v) is 10.2. The maximum absolute atomic E-state index is 2.47. The summed E-state index contributed by atoms with van der Waals surface area (Å²) < 4.78 is 1.62. The molecule has 1 heteroatoms. The number of hydrogen-bond acceptors (Lipinski definition) is 0. The topological polar surface area (TPSA) is 0 Å². The Bertz CT molecular complexity index is 418. The molecule has 2 radical (unpaired) electrons. The van der Waals surface area contributed by atoms with Crippen LogP contribution in [0.15, 0.2) is 18.2 Å². The Labute approximate surface area is 133 Å². The molecule has 0 aromatic heterocycles. The number of rotatable bonds is 2. The van der Waals surface area contributed by atoms with Gasteiger partial charge in [-0.3, -0.25) is 0 Å². The van der Waals surface area contributed by atoms with Gasteiger partial charge in [-0.05, 0) is 0 Å². The van der Waals surface area contributed by atoms with E-state index >= 15 is 0 Å². The molecule has 0 amide bonds. The van der Waals surface area contributed by atoms with Crippen LogP contribution in [0.1, 0.15) is 73.4 Å². The molecule has 0 spiro atoms. The standard InChI is InChI=1S/C19H32Ge/c1-17(2,3)13-20-16-11-14(18(4,5)6)10-15(12-16)19(7,8)9/h10-12H,13H2,1-9H3. The van der Waals surface area contributed by atoms with E-state index in [2.05, 4.69) is 80.5 Å². The van der Waals surface area contributed by atoms with Gasteiger partial charge in [-0.25, -0.2) is 0 Å². The van der Waals surface area contributed by atoms with Gasteiger partial charge in [-0.15, -0.1) is 0 Å². The van der Waals surface area contributed by atoms with Gasteiger partial charge in [0.05, 0.1) is 0 Å². The van der Waals surface area contributed by atoms with E-state index in [1.165, 1.54) is 16.4 Å². The third-order valence-electron chi connectivity index (χ3n) is 3.49. The second-order valence-electron chi connectivity index (χ2n) is 9.21. The molecule has 112 valence electrons. The summed E-state index contributed by atoms with van der Waals surface area (Å²) in [6.07, 6.45) is 0. The molecule has 0 aliphatic heterocycles. The van der Waals surface area contributed by atoms with Crippen molar-refractivity contribution in [2.45, 2.75) is 78.4 Å². The van der Waals surface area contributed by atoms with Crippen molar-refractivity contribution in [3.05, 3.63) is 29.3 Å². The molecule has 0 saturated heterocycles. The van der Waals surface area contributed by atoms with E-state index in [4.69, 9.17) is 0 Å². The van der Waals surface area contributed by atoms with Gasteiger partial charge in [-0.2, -0.15) is 0 Å². The van der Waals surface area contributed by atoms with Crippen LogP contribution >= 0.6 is 0 Å². The molecule has 1 aromatic rings. The van der Waals surface area contributed by atoms with Crippen LogP contribution in [0, 0.1) is 5.41 Å². The van der Waals surface area contributed by atoms with Crippen molar-refractivity contribution in [3.63, 3.8) is 0 Å². The average molecular weight is 333 g/mol. The van der Waals surface area contributed by atoms with Crippen LogP contribution in [-0.4, -0.2) is 15.4 Å². The van der Waals surface area contributed by atoms with Crippen molar-refractivity contribution >= 4 is 19.8 Å². The zero-order valence-corrected chi connectivity index (χ0v) is 17.0. The molecule has 0 heterocycles. The summed E-state index contributed by atoms with van der Waals surface area (Å²) in [5, 5.41) is 1.37. The molecular weight excluding hydrogens is 301 g/mol. The third kappa shape index (κ3) is 5.63. The first kappa shape index (κ1) is 17.8. The van der Waals surface area contributed by atoms with Crippen molar-refractivity contribution in [1.29, 1.82) is 0 Å². The predicted molar refractivity (Wildman–Crippen MR) is 93.5 cm³/mol. The van der Waals surface area contributed by atoms with Crippen LogP contribution in [0.3, 0.4) is 0 Å². The zero-order valence-electron chi connectivity index (χ0n) is 14.9. The fraction of sp³-hybridized carbons (Fsp3) is 0.684. The first-order chi connectivity index (χ1) is 8.79. The van der Waals surface area contributed by atoms with E-state index in [-0.39, 0.29) is 26.3 Å². The maximum atomic E-state index is 2.47. The molecule has 0 N–H and O–H groups in total.